The number of thioether (sulfide) groups is 1. The molecule has 2 aromatic heterocycles. The van der Waals surface area contributed by atoms with E-state index in [4.69, 9.17) is 4.74 Å². The Morgan fingerprint density at radius 3 is 2.29 bits per heavy atom. The molecular formula is C34H31N5O4S2. The summed E-state index contributed by atoms with van der Waals surface area (Å²) in [4.78, 5) is 13.2. The fourth-order valence-electron chi connectivity index (χ4n) is 5.24. The number of amides is 1. The van der Waals surface area contributed by atoms with Crippen molar-refractivity contribution < 1.29 is 17.9 Å². The summed E-state index contributed by atoms with van der Waals surface area (Å²) in [7, 11) is -3.91. The number of anilines is 1. The van der Waals surface area contributed by atoms with Crippen LogP contribution in [0, 0.1) is 13.8 Å². The van der Waals surface area contributed by atoms with Gasteiger partial charge in [0, 0.05) is 28.5 Å². The highest BCUT2D eigenvalue weighted by molar-refractivity contribution is 7.99. The molecule has 11 heteroatoms. The summed E-state index contributed by atoms with van der Waals surface area (Å²) in [6, 6.07) is 29.0. The molecule has 0 radical (unpaired) electrons. The lowest BCUT2D eigenvalue weighted by Gasteiger charge is -2.12. The van der Waals surface area contributed by atoms with E-state index < -0.39 is 10.0 Å². The average molecular weight is 638 g/mol. The molecule has 0 spiro atoms. The molecule has 228 valence electrons. The van der Waals surface area contributed by atoms with Crippen LogP contribution in [0.15, 0.2) is 113 Å². The fraction of sp³-hybridized carbons (Fsp3) is 0.147. The summed E-state index contributed by atoms with van der Waals surface area (Å²) in [5, 5.41) is 13.2. The van der Waals surface area contributed by atoms with Gasteiger partial charge in [0.05, 0.1) is 22.8 Å². The van der Waals surface area contributed by atoms with Gasteiger partial charge in [-0.3, -0.25) is 9.36 Å². The summed E-state index contributed by atoms with van der Waals surface area (Å²) in [5.74, 6) is 1.06. The van der Waals surface area contributed by atoms with Gasteiger partial charge in [0.15, 0.2) is 11.0 Å². The third kappa shape index (κ3) is 6.22. The quantitative estimate of drug-likeness (QED) is 0.163. The monoisotopic (exact) mass is 637 g/mol. The van der Waals surface area contributed by atoms with Gasteiger partial charge in [-0.05, 0) is 86.5 Å². The van der Waals surface area contributed by atoms with E-state index in [0.717, 1.165) is 22.5 Å². The van der Waals surface area contributed by atoms with Gasteiger partial charge in [-0.2, -0.15) is 0 Å². The van der Waals surface area contributed by atoms with Crippen LogP contribution in [0.4, 0.5) is 5.69 Å². The molecule has 0 fully saturated rings. The number of nitrogens with zero attached hydrogens (tertiary/aromatic N) is 4. The highest BCUT2D eigenvalue weighted by Crippen LogP contribution is 2.36. The minimum absolute atomic E-state index is 0.0896. The van der Waals surface area contributed by atoms with Crippen molar-refractivity contribution in [3.05, 3.63) is 114 Å². The van der Waals surface area contributed by atoms with Gasteiger partial charge in [-0.15, -0.1) is 10.2 Å². The number of hydrogen-bond acceptors (Lipinski definition) is 7. The third-order valence-electron chi connectivity index (χ3n) is 7.10. The van der Waals surface area contributed by atoms with Crippen molar-refractivity contribution in [3.63, 3.8) is 0 Å². The van der Waals surface area contributed by atoms with Crippen molar-refractivity contribution >= 4 is 44.3 Å². The molecule has 2 heterocycles. The molecule has 0 atom stereocenters. The first-order valence-corrected chi connectivity index (χ1v) is 16.8. The summed E-state index contributed by atoms with van der Waals surface area (Å²) < 4.78 is 36.3. The van der Waals surface area contributed by atoms with Crippen LogP contribution in [0.5, 0.6) is 5.75 Å². The standard InChI is InChI=1S/C34H31N5O4S2/c1-4-43-27-16-14-26(15-17-27)39-33(36-37-34(39)44-22-32(40)35-25-19-23(2)18-24(3)20-25)30-21-38(31-13-9-8-12-29(30)31)45(41,42)28-10-6-5-7-11-28/h5-21H,4,22H2,1-3H3,(H,35,40). The molecule has 0 bridgehead atoms. The zero-order valence-corrected chi connectivity index (χ0v) is 26.6. The molecular weight excluding hydrogens is 607 g/mol. The van der Waals surface area contributed by atoms with Gasteiger partial charge in [0.2, 0.25) is 5.91 Å². The molecule has 0 aliphatic carbocycles. The highest BCUT2D eigenvalue weighted by atomic mass is 32.2. The molecule has 0 unspecified atom stereocenters. The van der Waals surface area contributed by atoms with Gasteiger partial charge >= 0.3 is 0 Å². The fourth-order valence-corrected chi connectivity index (χ4v) is 7.38. The second kappa shape index (κ2) is 12.6. The number of aryl methyl sites for hydroxylation is 2. The maximum absolute atomic E-state index is 13.8. The van der Waals surface area contributed by atoms with Crippen molar-refractivity contribution in [3.8, 4) is 22.8 Å². The van der Waals surface area contributed by atoms with Crippen LogP contribution in [0.1, 0.15) is 18.1 Å². The molecule has 1 amide bonds. The number of ether oxygens (including phenoxy) is 1. The van der Waals surface area contributed by atoms with E-state index in [9.17, 15) is 13.2 Å². The molecule has 0 saturated carbocycles. The van der Waals surface area contributed by atoms with E-state index in [-0.39, 0.29) is 16.6 Å². The van der Waals surface area contributed by atoms with Gasteiger partial charge in [0.25, 0.3) is 10.0 Å². The molecule has 6 aromatic rings. The number of benzene rings is 4. The predicted octanol–water partition coefficient (Wildman–Crippen LogP) is 6.87. The summed E-state index contributed by atoms with van der Waals surface area (Å²) in [6.07, 6.45) is 1.59. The smallest absolute Gasteiger partial charge is 0.268 e. The number of hydrogen-bond donors (Lipinski definition) is 1. The summed E-state index contributed by atoms with van der Waals surface area (Å²) in [6.45, 7) is 6.42. The number of aromatic nitrogens is 4. The van der Waals surface area contributed by atoms with Crippen LogP contribution < -0.4 is 10.1 Å². The van der Waals surface area contributed by atoms with Crippen LogP contribution in [0.2, 0.25) is 0 Å². The zero-order valence-electron chi connectivity index (χ0n) is 25.0. The Morgan fingerprint density at radius 2 is 1.58 bits per heavy atom. The largest absolute Gasteiger partial charge is 0.494 e. The lowest BCUT2D eigenvalue weighted by molar-refractivity contribution is -0.113. The van der Waals surface area contributed by atoms with Crippen LogP contribution in [0.25, 0.3) is 28.0 Å². The lowest BCUT2D eigenvalue weighted by Crippen LogP contribution is -2.14. The van der Waals surface area contributed by atoms with Crippen LogP contribution >= 0.6 is 11.8 Å². The number of nitrogens with one attached hydrogen (secondary N) is 1. The van der Waals surface area contributed by atoms with Gasteiger partial charge in [0.1, 0.15) is 5.75 Å². The first kappa shape index (κ1) is 30.2. The second-order valence-electron chi connectivity index (χ2n) is 10.5. The van der Waals surface area contributed by atoms with E-state index in [1.165, 1.54) is 15.7 Å². The molecule has 0 saturated heterocycles. The van der Waals surface area contributed by atoms with Crippen molar-refractivity contribution in [2.45, 2.75) is 30.8 Å². The Hall–Kier alpha value is -4.87. The van der Waals surface area contributed by atoms with E-state index in [1.807, 2.05) is 79.9 Å². The maximum atomic E-state index is 13.8. The van der Waals surface area contributed by atoms with Gasteiger partial charge in [-0.25, -0.2) is 12.4 Å². The van der Waals surface area contributed by atoms with Gasteiger partial charge in [-0.1, -0.05) is 54.2 Å². The molecule has 1 N–H and O–H groups in total. The first-order chi connectivity index (χ1) is 21.7. The SMILES string of the molecule is CCOc1ccc(-n2c(SCC(=O)Nc3cc(C)cc(C)c3)nnc2-c2cn(S(=O)(=O)c3ccccc3)c3ccccc23)cc1. The first-order valence-electron chi connectivity index (χ1n) is 14.4. The Bertz CT molecular complexity index is 2080. The van der Waals surface area contributed by atoms with E-state index >= 15 is 0 Å². The van der Waals surface area contributed by atoms with E-state index in [1.54, 1.807) is 48.7 Å². The molecule has 0 aliphatic rings. The van der Waals surface area contributed by atoms with E-state index in [0.29, 0.717) is 39.8 Å². The predicted molar refractivity (Wildman–Crippen MR) is 178 cm³/mol. The lowest BCUT2D eigenvalue weighted by atomic mass is 10.1. The molecule has 4 aromatic carbocycles. The minimum Gasteiger partial charge on any atom is -0.494 e. The van der Waals surface area contributed by atoms with Crippen molar-refractivity contribution in [1.29, 1.82) is 0 Å². The number of rotatable bonds is 10. The number of fused-ring (bicyclic) bond motifs is 1. The van der Waals surface area contributed by atoms with Gasteiger partial charge < -0.3 is 10.1 Å². The van der Waals surface area contributed by atoms with Crippen molar-refractivity contribution in [2.24, 2.45) is 0 Å². The Labute approximate surface area is 265 Å². The molecule has 45 heavy (non-hydrogen) atoms. The number of carbonyl (C=O) groups excluding carboxylic acids is 1. The van der Waals surface area contributed by atoms with Crippen LogP contribution in [-0.4, -0.2) is 45.4 Å². The maximum Gasteiger partial charge on any atom is 0.268 e. The van der Waals surface area contributed by atoms with E-state index in [2.05, 4.69) is 15.5 Å². The second-order valence-corrected chi connectivity index (χ2v) is 13.2. The van der Waals surface area contributed by atoms with Crippen LogP contribution in [0.3, 0.4) is 0 Å². The Morgan fingerprint density at radius 1 is 0.889 bits per heavy atom. The third-order valence-corrected chi connectivity index (χ3v) is 9.71. The molecule has 0 aliphatic heterocycles. The number of carbonyl (C=O) groups is 1. The minimum atomic E-state index is -3.91. The Kier molecular flexibility index (Phi) is 8.46. The topological polar surface area (TPSA) is 108 Å². The van der Waals surface area contributed by atoms with Crippen molar-refractivity contribution in [1.82, 2.24) is 18.7 Å². The molecule has 6 rings (SSSR count). The van der Waals surface area contributed by atoms with Crippen molar-refractivity contribution in [2.75, 3.05) is 17.7 Å². The highest BCUT2D eigenvalue weighted by Gasteiger charge is 2.25. The van der Waals surface area contributed by atoms with Crippen LogP contribution in [-0.2, 0) is 14.8 Å². The summed E-state index contributed by atoms with van der Waals surface area (Å²) >= 11 is 1.24. The molecule has 9 nitrogen and oxygen atoms in total. The number of para-hydroxylation sites is 1. The Balaban J connectivity index is 1.42. The average Bonchev–Trinajstić information content (AvgIpc) is 3.63. The normalized spacial score (nSPS) is 11.5. The zero-order chi connectivity index (χ0) is 31.6. The summed E-state index contributed by atoms with van der Waals surface area (Å²) in [5.41, 5.74) is 4.69.